The van der Waals surface area contributed by atoms with Gasteiger partial charge >= 0.3 is 0 Å². The lowest BCUT2D eigenvalue weighted by Crippen LogP contribution is -2.51. The van der Waals surface area contributed by atoms with Crippen LogP contribution < -0.4 is 9.62 Å². The number of likely N-dealkylation sites (tertiary alicyclic amines) is 1. The van der Waals surface area contributed by atoms with E-state index in [1.807, 2.05) is 39.0 Å². The molecule has 160 valence electrons. The molecule has 7 nitrogen and oxygen atoms in total. The van der Waals surface area contributed by atoms with E-state index < -0.39 is 10.0 Å². The summed E-state index contributed by atoms with van der Waals surface area (Å²) >= 11 is 0. The van der Waals surface area contributed by atoms with E-state index in [4.69, 9.17) is 0 Å². The maximum Gasteiger partial charge on any atom is 0.243 e. The number of nitrogens with one attached hydrogen (secondary N) is 1. The Balaban J connectivity index is 1.71. The molecular weight excluding hydrogens is 400 g/mol. The molecule has 0 radical (unpaired) electrons. The minimum absolute atomic E-state index is 0.0523. The van der Waals surface area contributed by atoms with Crippen molar-refractivity contribution in [1.82, 2.24) is 14.6 Å². The van der Waals surface area contributed by atoms with Gasteiger partial charge in [0.2, 0.25) is 15.9 Å². The van der Waals surface area contributed by atoms with Crippen LogP contribution in [0.25, 0.3) is 0 Å². The zero-order chi connectivity index (χ0) is 21.5. The summed E-state index contributed by atoms with van der Waals surface area (Å²) in [6.45, 7) is 7.76. The Morgan fingerprint density at radius 1 is 1.13 bits per heavy atom. The highest BCUT2D eigenvalue weighted by molar-refractivity contribution is 7.89. The Morgan fingerprint density at radius 2 is 1.87 bits per heavy atom. The summed E-state index contributed by atoms with van der Waals surface area (Å²) in [5, 5.41) is 0. The van der Waals surface area contributed by atoms with Crippen molar-refractivity contribution in [2.45, 2.75) is 50.7 Å². The quantitative estimate of drug-likeness (QED) is 0.812. The van der Waals surface area contributed by atoms with Gasteiger partial charge in [0.1, 0.15) is 4.90 Å². The van der Waals surface area contributed by atoms with E-state index in [-0.39, 0.29) is 28.3 Å². The molecule has 1 saturated heterocycles. The molecule has 0 bridgehead atoms. The first-order valence-corrected chi connectivity index (χ1v) is 11.7. The number of amides is 1. The number of pyridine rings is 1. The monoisotopic (exact) mass is 428 g/mol. The maximum atomic E-state index is 13.4. The first kappa shape index (κ1) is 21.0. The fourth-order valence-electron chi connectivity index (χ4n) is 4.28. The molecule has 8 heteroatoms. The number of fused-ring (bicyclic) bond motifs is 2. The number of carbonyl (C=O) groups is 1. The van der Waals surface area contributed by atoms with Gasteiger partial charge in [0.15, 0.2) is 0 Å². The fourth-order valence-corrected chi connectivity index (χ4v) is 5.73. The summed E-state index contributed by atoms with van der Waals surface area (Å²) in [5.41, 5.74) is 1.18. The highest BCUT2D eigenvalue weighted by atomic mass is 32.2. The van der Waals surface area contributed by atoms with Crippen molar-refractivity contribution in [2.75, 3.05) is 18.0 Å². The van der Waals surface area contributed by atoms with E-state index in [0.717, 1.165) is 5.69 Å². The average Bonchev–Trinajstić information content (AvgIpc) is 2.98. The molecule has 1 amide bonds. The van der Waals surface area contributed by atoms with Crippen LogP contribution in [-0.4, -0.2) is 49.4 Å². The average molecular weight is 429 g/mol. The van der Waals surface area contributed by atoms with Gasteiger partial charge in [-0.2, -0.15) is 0 Å². The van der Waals surface area contributed by atoms with Crippen molar-refractivity contribution in [3.8, 4) is 0 Å². The Hall–Kier alpha value is -2.29. The summed E-state index contributed by atoms with van der Waals surface area (Å²) in [6.07, 6.45) is 2.09. The fraction of sp³-hybridized carbons (Fsp3) is 0.455. The smallest absolute Gasteiger partial charge is 0.243 e. The lowest BCUT2D eigenvalue weighted by molar-refractivity contribution is -0.120. The number of aromatic nitrogens is 1. The molecule has 3 heterocycles. The molecular formula is C22H28N4O3S. The van der Waals surface area contributed by atoms with Gasteiger partial charge in [0, 0.05) is 32.3 Å². The van der Waals surface area contributed by atoms with E-state index in [0.29, 0.717) is 31.7 Å². The summed E-state index contributed by atoms with van der Waals surface area (Å²) in [6, 6.07) is 11.9. The lowest BCUT2D eigenvalue weighted by Gasteiger charge is -2.33. The van der Waals surface area contributed by atoms with Gasteiger partial charge in [-0.1, -0.05) is 39.0 Å². The number of rotatable bonds is 3. The van der Waals surface area contributed by atoms with Crippen LogP contribution in [0.1, 0.15) is 32.9 Å². The highest BCUT2D eigenvalue weighted by Crippen LogP contribution is 2.35. The molecule has 2 atom stereocenters. The van der Waals surface area contributed by atoms with Crippen molar-refractivity contribution in [3.05, 3.63) is 54.4 Å². The Morgan fingerprint density at radius 3 is 2.57 bits per heavy atom. The zero-order valence-corrected chi connectivity index (χ0v) is 18.4. The van der Waals surface area contributed by atoms with Crippen LogP contribution in [0.5, 0.6) is 0 Å². The van der Waals surface area contributed by atoms with Crippen LogP contribution in [0.15, 0.2) is 53.6 Å². The minimum Gasteiger partial charge on any atom is -0.305 e. The van der Waals surface area contributed by atoms with Gasteiger partial charge in [-0.05, 0) is 29.7 Å². The number of hydrogen-bond acceptors (Lipinski definition) is 5. The van der Waals surface area contributed by atoms with Crippen molar-refractivity contribution in [1.29, 1.82) is 0 Å². The molecule has 1 N–H and O–H groups in total. The molecule has 2 aliphatic rings. The van der Waals surface area contributed by atoms with E-state index in [2.05, 4.69) is 14.6 Å². The van der Waals surface area contributed by atoms with Gasteiger partial charge in [-0.15, -0.1) is 0 Å². The standard InChI is InChI=1S/C22H28N4O3S/c1-22(2,3)12-21(27)26-18-9-4-5-10-20(18)30(28,29)24-17-14-25(15-19(17)26)13-16-8-6-7-11-23-16/h4-11,17,19,24H,12-15H2,1-3H3. The molecule has 1 aromatic heterocycles. The van der Waals surface area contributed by atoms with E-state index in [1.54, 1.807) is 35.4 Å². The number of anilines is 1. The van der Waals surface area contributed by atoms with E-state index >= 15 is 0 Å². The Kier molecular flexibility index (Phi) is 5.42. The third-order valence-electron chi connectivity index (χ3n) is 5.48. The topological polar surface area (TPSA) is 82.6 Å². The second-order valence-electron chi connectivity index (χ2n) is 9.28. The summed E-state index contributed by atoms with van der Waals surface area (Å²) in [7, 11) is -3.73. The number of nitrogens with zero attached hydrogens (tertiary/aromatic N) is 3. The van der Waals surface area contributed by atoms with Crippen molar-refractivity contribution in [2.24, 2.45) is 5.41 Å². The number of carbonyl (C=O) groups excluding carboxylic acids is 1. The largest absolute Gasteiger partial charge is 0.305 e. The van der Waals surface area contributed by atoms with Crippen LogP contribution in [0.2, 0.25) is 0 Å². The van der Waals surface area contributed by atoms with Crippen molar-refractivity contribution >= 4 is 21.6 Å². The second-order valence-corrected chi connectivity index (χ2v) is 11.0. The first-order valence-electron chi connectivity index (χ1n) is 10.2. The molecule has 1 aromatic carbocycles. The minimum atomic E-state index is -3.73. The number of para-hydroxylation sites is 1. The van der Waals surface area contributed by atoms with Crippen LogP contribution >= 0.6 is 0 Å². The predicted molar refractivity (Wildman–Crippen MR) is 115 cm³/mol. The van der Waals surface area contributed by atoms with Crippen molar-refractivity contribution < 1.29 is 13.2 Å². The van der Waals surface area contributed by atoms with Crippen LogP contribution in [0.4, 0.5) is 5.69 Å². The predicted octanol–water partition coefficient (Wildman–Crippen LogP) is 2.40. The van der Waals surface area contributed by atoms with E-state index in [9.17, 15) is 13.2 Å². The summed E-state index contributed by atoms with van der Waals surface area (Å²) < 4.78 is 29.0. The molecule has 2 aliphatic heterocycles. The van der Waals surface area contributed by atoms with Gasteiger partial charge in [0.25, 0.3) is 0 Å². The SMILES string of the molecule is CC(C)(C)CC(=O)N1c2ccccc2S(=O)(=O)NC2CN(Cc3ccccn3)CC21. The molecule has 30 heavy (non-hydrogen) atoms. The molecule has 0 spiro atoms. The van der Waals surface area contributed by atoms with Crippen LogP contribution in [-0.2, 0) is 21.4 Å². The third kappa shape index (κ3) is 4.26. The molecule has 1 fully saturated rings. The lowest BCUT2D eigenvalue weighted by atomic mass is 9.91. The second kappa shape index (κ2) is 7.76. The number of benzene rings is 1. The van der Waals surface area contributed by atoms with Crippen LogP contribution in [0.3, 0.4) is 0 Å². The Bertz CT molecular complexity index is 1030. The van der Waals surface area contributed by atoms with Gasteiger partial charge in [0.05, 0.1) is 23.5 Å². The summed E-state index contributed by atoms with van der Waals surface area (Å²) in [4.78, 5) is 21.9. The van der Waals surface area contributed by atoms with Gasteiger partial charge < -0.3 is 4.90 Å². The van der Waals surface area contributed by atoms with Crippen LogP contribution in [0, 0.1) is 5.41 Å². The highest BCUT2D eigenvalue weighted by Gasteiger charge is 2.45. The molecule has 4 rings (SSSR count). The molecule has 0 aliphatic carbocycles. The summed E-state index contributed by atoms with van der Waals surface area (Å²) in [5.74, 6) is -0.0523. The van der Waals surface area contributed by atoms with Gasteiger partial charge in [-0.25, -0.2) is 13.1 Å². The number of hydrogen-bond donors (Lipinski definition) is 1. The van der Waals surface area contributed by atoms with Crippen molar-refractivity contribution in [3.63, 3.8) is 0 Å². The van der Waals surface area contributed by atoms with Gasteiger partial charge in [-0.3, -0.25) is 14.7 Å². The normalized spacial score (nSPS) is 23.5. The molecule has 2 aromatic rings. The third-order valence-corrected chi connectivity index (χ3v) is 7.02. The maximum absolute atomic E-state index is 13.4. The van der Waals surface area contributed by atoms with E-state index in [1.165, 1.54) is 0 Å². The Labute approximate surface area is 178 Å². The number of sulfonamides is 1. The molecule has 2 unspecified atom stereocenters. The zero-order valence-electron chi connectivity index (χ0n) is 17.6. The molecule has 0 saturated carbocycles. The first-order chi connectivity index (χ1) is 14.1.